The second-order valence-electron chi connectivity index (χ2n) is 6.13. The number of benzene rings is 1. The Labute approximate surface area is 172 Å². The Morgan fingerprint density at radius 1 is 1.26 bits per heavy atom. The fraction of sp³-hybridized carbons (Fsp3) is 0.250. The lowest BCUT2D eigenvalue weighted by molar-refractivity contribution is 0.0930. The Bertz CT molecular complexity index is 935. The molecule has 0 spiro atoms. The van der Waals surface area contributed by atoms with E-state index in [-0.39, 0.29) is 18.3 Å². The van der Waals surface area contributed by atoms with Crippen molar-refractivity contribution in [3.05, 3.63) is 64.8 Å². The third-order valence-corrected chi connectivity index (χ3v) is 6.55. The predicted octanol–water partition coefficient (Wildman–Crippen LogP) is 4.86. The molecule has 0 unspecified atom stereocenters. The fourth-order valence-electron chi connectivity index (χ4n) is 3.02. The average Bonchev–Trinajstić information content (AvgIpc) is 3.33. The van der Waals surface area contributed by atoms with Crippen LogP contribution in [0.4, 0.5) is 0 Å². The normalized spacial score (nSPS) is 13.9. The number of carbonyl (C=O) groups excluding carboxylic acids is 1. The largest absolute Gasteiger partial charge is 0.451 e. The summed E-state index contributed by atoms with van der Waals surface area (Å²) in [6.45, 7) is 2.42. The fourth-order valence-corrected chi connectivity index (χ4v) is 4.83. The third-order valence-electron chi connectivity index (χ3n) is 4.39. The van der Waals surface area contributed by atoms with Crippen molar-refractivity contribution in [2.75, 3.05) is 19.6 Å². The van der Waals surface area contributed by atoms with E-state index in [1.807, 2.05) is 30.3 Å². The molecule has 0 saturated carbocycles. The molecule has 7 heteroatoms. The number of para-hydroxylation sites is 1. The first kappa shape index (κ1) is 20.0. The van der Waals surface area contributed by atoms with Gasteiger partial charge in [0.25, 0.3) is 5.91 Å². The number of halogens is 1. The third kappa shape index (κ3) is 4.76. The maximum atomic E-state index is 12.8. The summed E-state index contributed by atoms with van der Waals surface area (Å²) in [5.41, 5.74) is 3.00. The van der Waals surface area contributed by atoms with E-state index < -0.39 is 0 Å². The molecule has 142 valence electrons. The molecule has 0 atom stereocenters. The number of hydrogen-bond donors (Lipinski definition) is 2. The molecule has 0 fully saturated rings. The SMILES string of the molecule is Cl.O=C(NCC1=CCNCC1)c1oc2ccccc2c1CSc1cccs1. The molecule has 1 aliphatic rings. The lowest BCUT2D eigenvalue weighted by Gasteiger charge is -2.14. The van der Waals surface area contributed by atoms with Crippen LogP contribution in [0.5, 0.6) is 0 Å². The zero-order chi connectivity index (χ0) is 17.8. The van der Waals surface area contributed by atoms with E-state index in [0.29, 0.717) is 18.1 Å². The molecule has 1 aromatic carbocycles. The molecule has 1 aliphatic heterocycles. The summed E-state index contributed by atoms with van der Waals surface area (Å²) >= 11 is 3.45. The highest BCUT2D eigenvalue weighted by Gasteiger charge is 2.21. The van der Waals surface area contributed by atoms with Crippen molar-refractivity contribution in [1.82, 2.24) is 10.6 Å². The minimum absolute atomic E-state index is 0. The second kappa shape index (κ2) is 9.46. The van der Waals surface area contributed by atoms with Crippen LogP contribution in [-0.4, -0.2) is 25.5 Å². The summed E-state index contributed by atoms with van der Waals surface area (Å²) in [6, 6.07) is 12.0. The van der Waals surface area contributed by atoms with Gasteiger partial charge in [-0.2, -0.15) is 0 Å². The van der Waals surface area contributed by atoms with E-state index in [2.05, 4.69) is 28.2 Å². The van der Waals surface area contributed by atoms with Gasteiger partial charge in [0.05, 0.1) is 4.21 Å². The Hall–Kier alpha value is -1.73. The summed E-state index contributed by atoms with van der Waals surface area (Å²) in [5, 5.41) is 9.39. The summed E-state index contributed by atoms with van der Waals surface area (Å²) < 4.78 is 7.15. The number of furan rings is 1. The van der Waals surface area contributed by atoms with Gasteiger partial charge in [-0.3, -0.25) is 4.79 Å². The highest BCUT2D eigenvalue weighted by Crippen LogP contribution is 2.33. The average molecular weight is 421 g/mol. The number of rotatable bonds is 6. The first-order valence-corrected chi connectivity index (χ1v) is 10.5. The van der Waals surface area contributed by atoms with Crippen LogP contribution < -0.4 is 10.6 Å². The summed E-state index contributed by atoms with van der Waals surface area (Å²) in [4.78, 5) is 12.8. The summed E-state index contributed by atoms with van der Waals surface area (Å²) in [7, 11) is 0. The van der Waals surface area contributed by atoms with E-state index in [1.165, 1.54) is 9.78 Å². The molecule has 2 aromatic heterocycles. The molecule has 0 aliphatic carbocycles. The van der Waals surface area contributed by atoms with Gasteiger partial charge in [0.15, 0.2) is 5.76 Å². The highest BCUT2D eigenvalue weighted by molar-refractivity contribution is 8.00. The molecule has 2 N–H and O–H groups in total. The zero-order valence-corrected chi connectivity index (χ0v) is 17.1. The van der Waals surface area contributed by atoms with Crippen LogP contribution in [0.2, 0.25) is 0 Å². The lowest BCUT2D eigenvalue weighted by atomic mass is 10.1. The molecule has 0 bridgehead atoms. The molecule has 3 heterocycles. The summed E-state index contributed by atoms with van der Waals surface area (Å²) in [5.74, 6) is 1.01. The van der Waals surface area contributed by atoms with Crippen molar-refractivity contribution >= 4 is 52.4 Å². The Balaban J connectivity index is 0.00000210. The van der Waals surface area contributed by atoms with E-state index >= 15 is 0 Å². The summed E-state index contributed by atoms with van der Waals surface area (Å²) in [6.07, 6.45) is 3.12. The first-order valence-electron chi connectivity index (χ1n) is 8.65. The molecule has 27 heavy (non-hydrogen) atoms. The van der Waals surface area contributed by atoms with E-state index in [1.54, 1.807) is 23.1 Å². The molecule has 4 rings (SSSR count). The maximum absolute atomic E-state index is 12.8. The Morgan fingerprint density at radius 2 is 2.15 bits per heavy atom. The molecule has 0 radical (unpaired) electrons. The monoisotopic (exact) mass is 420 g/mol. The number of nitrogens with one attached hydrogen (secondary N) is 2. The number of thioether (sulfide) groups is 1. The number of fused-ring (bicyclic) bond motifs is 1. The predicted molar refractivity (Wildman–Crippen MR) is 115 cm³/mol. The molecular formula is C20H21ClN2O2S2. The second-order valence-corrected chi connectivity index (χ2v) is 8.35. The number of amides is 1. The number of thiophene rings is 1. The number of hydrogen-bond acceptors (Lipinski definition) is 5. The van der Waals surface area contributed by atoms with Gasteiger partial charge in [-0.25, -0.2) is 0 Å². The van der Waals surface area contributed by atoms with Gasteiger partial charge in [0.1, 0.15) is 5.58 Å². The molecular weight excluding hydrogens is 400 g/mol. The van der Waals surface area contributed by atoms with Gasteiger partial charge >= 0.3 is 0 Å². The van der Waals surface area contributed by atoms with Gasteiger partial charge < -0.3 is 15.1 Å². The molecule has 4 nitrogen and oxygen atoms in total. The van der Waals surface area contributed by atoms with Gasteiger partial charge in [-0.15, -0.1) is 35.5 Å². The van der Waals surface area contributed by atoms with E-state index in [0.717, 1.165) is 36.0 Å². The van der Waals surface area contributed by atoms with Gasteiger partial charge in [0, 0.05) is 29.8 Å². The van der Waals surface area contributed by atoms with Crippen LogP contribution in [0.25, 0.3) is 11.0 Å². The van der Waals surface area contributed by atoms with Crippen molar-refractivity contribution in [2.45, 2.75) is 16.4 Å². The van der Waals surface area contributed by atoms with Crippen LogP contribution in [0.15, 0.2) is 62.1 Å². The highest BCUT2D eigenvalue weighted by atomic mass is 35.5. The standard InChI is InChI=1S/C20H20N2O2S2.ClH/c23-20(22-12-14-7-9-21-10-8-14)19-16(13-26-18-6-3-11-25-18)15-4-1-2-5-17(15)24-19;/h1-7,11,21H,8-10,12-13H2,(H,22,23);1H. The van der Waals surface area contributed by atoms with Crippen molar-refractivity contribution in [2.24, 2.45) is 0 Å². The first-order chi connectivity index (χ1) is 12.8. The smallest absolute Gasteiger partial charge is 0.287 e. The van der Waals surface area contributed by atoms with Crippen LogP contribution in [0.1, 0.15) is 22.5 Å². The lowest BCUT2D eigenvalue weighted by Crippen LogP contribution is -2.29. The minimum Gasteiger partial charge on any atom is -0.451 e. The Morgan fingerprint density at radius 3 is 2.93 bits per heavy atom. The molecule has 1 amide bonds. The topological polar surface area (TPSA) is 54.3 Å². The number of carbonyl (C=O) groups is 1. The van der Waals surface area contributed by atoms with Gasteiger partial charge in [0.2, 0.25) is 0 Å². The van der Waals surface area contributed by atoms with Crippen LogP contribution in [0, 0.1) is 0 Å². The van der Waals surface area contributed by atoms with Crippen molar-refractivity contribution < 1.29 is 9.21 Å². The van der Waals surface area contributed by atoms with Gasteiger partial charge in [-0.1, -0.05) is 35.9 Å². The van der Waals surface area contributed by atoms with E-state index in [9.17, 15) is 4.79 Å². The van der Waals surface area contributed by atoms with Crippen LogP contribution in [-0.2, 0) is 5.75 Å². The van der Waals surface area contributed by atoms with Gasteiger partial charge in [-0.05, 0) is 30.5 Å². The van der Waals surface area contributed by atoms with Crippen molar-refractivity contribution in [3.8, 4) is 0 Å². The maximum Gasteiger partial charge on any atom is 0.287 e. The van der Waals surface area contributed by atoms with E-state index in [4.69, 9.17) is 4.42 Å². The zero-order valence-electron chi connectivity index (χ0n) is 14.7. The quantitative estimate of drug-likeness (QED) is 0.441. The van der Waals surface area contributed by atoms with Crippen LogP contribution in [0.3, 0.4) is 0 Å². The molecule has 3 aromatic rings. The van der Waals surface area contributed by atoms with Crippen molar-refractivity contribution in [1.29, 1.82) is 0 Å². The Kier molecular flexibility index (Phi) is 7.01. The molecule has 0 saturated heterocycles. The van der Waals surface area contributed by atoms with Crippen LogP contribution >= 0.6 is 35.5 Å². The van der Waals surface area contributed by atoms with Crippen molar-refractivity contribution in [3.63, 3.8) is 0 Å². The minimum atomic E-state index is -0.137.